The summed E-state index contributed by atoms with van der Waals surface area (Å²) >= 11 is 6.45. The van der Waals surface area contributed by atoms with Crippen molar-refractivity contribution in [3.63, 3.8) is 0 Å². The van der Waals surface area contributed by atoms with Crippen LogP contribution >= 0.6 is 31.9 Å². The zero-order valence-electron chi connectivity index (χ0n) is 24.0. The Morgan fingerprint density at radius 3 is 1.00 bits per heavy atom. The van der Waals surface area contributed by atoms with Gasteiger partial charge in [-0.1, -0.05) is 129 Å². The zero-order valence-corrected chi connectivity index (χ0v) is 27.1. The maximum Gasteiger partial charge on any atom is 0.176 e. The third-order valence-corrected chi connectivity index (χ3v) is 9.03. The van der Waals surface area contributed by atoms with E-state index < -0.39 is 11.6 Å². The smallest absolute Gasteiger partial charge is 0.176 e. The van der Waals surface area contributed by atoms with Gasteiger partial charge in [0, 0.05) is 0 Å². The van der Waals surface area contributed by atoms with Crippen LogP contribution in [0.3, 0.4) is 0 Å². The summed E-state index contributed by atoms with van der Waals surface area (Å²) < 4.78 is 28.9. The van der Waals surface area contributed by atoms with Crippen LogP contribution in [-0.4, -0.2) is 9.97 Å². The summed E-state index contributed by atoms with van der Waals surface area (Å²) in [7, 11) is 0. The van der Waals surface area contributed by atoms with Gasteiger partial charge in [0.25, 0.3) is 0 Å². The van der Waals surface area contributed by atoms with Crippen molar-refractivity contribution >= 4 is 42.9 Å². The first-order valence-corrected chi connectivity index (χ1v) is 17.1. The quantitative estimate of drug-likeness (QED) is 0.0714. The van der Waals surface area contributed by atoms with E-state index in [0.717, 1.165) is 37.1 Å². The molecule has 0 unspecified atom stereocenters. The van der Waals surface area contributed by atoms with E-state index in [0.29, 0.717) is 11.0 Å². The highest BCUT2D eigenvalue weighted by Crippen LogP contribution is 2.34. The van der Waals surface area contributed by atoms with Crippen LogP contribution in [0.2, 0.25) is 0 Å². The fourth-order valence-corrected chi connectivity index (χ4v) is 6.07. The SMILES string of the molecule is CCCCCCCCCCCCc1nc2c(Br)c(F)c(F)c(Br)c2nc1CCCCCCCCCCCC. The number of hydrogen-bond acceptors (Lipinski definition) is 2. The molecule has 0 bridgehead atoms. The zero-order chi connectivity index (χ0) is 27.6. The molecule has 1 aromatic carbocycles. The Balaban J connectivity index is 1.90. The first-order chi connectivity index (χ1) is 18.5. The number of aromatic nitrogens is 2. The molecule has 0 N–H and O–H groups in total. The fourth-order valence-electron chi connectivity index (χ4n) is 5.17. The molecule has 0 aliphatic rings. The van der Waals surface area contributed by atoms with Crippen molar-refractivity contribution in [1.82, 2.24) is 9.97 Å². The van der Waals surface area contributed by atoms with E-state index in [1.807, 2.05) is 0 Å². The van der Waals surface area contributed by atoms with Crippen molar-refractivity contribution in [2.45, 2.75) is 155 Å². The van der Waals surface area contributed by atoms with Crippen LogP contribution in [0, 0.1) is 11.6 Å². The summed E-state index contributed by atoms with van der Waals surface area (Å²) in [6, 6.07) is 0. The van der Waals surface area contributed by atoms with E-state index in [2.05, 4.69) is 45.7 Å². The molecule has 0 amide bonds. The summed E-state index contributed by atoms with van der Waals surface area (Å²) in [5.74, 6) is -1.82. The lowest BCUT2D eigenvalue weighted by molar-refractivity contribution is 0.502. The highest BCUT2D eigenvalue weighted by Gasteiger charge is 2.21. The Bertz CT molecular complexity index is 861. The van der Waals surface area contributed by atoms with E-state index in [-0.39, 0.29) is 8.95 Å². The Labute approximate surface area is 247 Å². The van der Waals surface area contributed by atoms with Gasteiger partial charge in [-0.25, -0.2) is 18.7 Å². The number of halogens is 4. The van der Waals surface area contributed by atoms with Crippen LogP contribution in [0.5, 0.6) is 0 Å². The molecule has 0 aliphatic carbocycles. The molecule has 2 rings (SSSR count). The highest BCUT2D eigenvalue weighted by molar-refractivity contribution is 9.11. The Morgan fingerprint density at radius 2 is 0.711 bits per heavy atom. The number of benzene rings is 1. The maximum atomic E-state index is 14.4. The van der Waals surface area contributed by atoms with Crippen LogP contribution in [0.15, 0.2) is 8.95 Å². The van der Waals surface area contributed by atoms with Gasteiger partial charge in [-0.2, -0.15) is 0 Å². The molecule has 216 valence electrons. The van der Waals surface area contributed by atoms with Crippen molar-refractivity contribution in [2.24, 2.45) is 0 Å². The van der Waals surface area contributed by atoms with Gasteiger partial charge in [0.1, 0.15) is 11.0 Å². The minimum Gasteiger partial charge on any atom is -0.248 e. The van der Waals surface area contributed by atoms with Gasteiger partial charge in [-0.3, -0.25) is 0 Å². The molecular weight excluding hydrogens is 610 g/mol. The van der Waals surface area contributed by atoms with Crippen LogP contribution < -0.4 is 0 Å². The Morgan fingerprint density at radius 1 is 0.447 bits per heavy atom. The minimum atomic E-state index is -0.911. The molecule has 0 radical (unpaired) electrons. The van der Waals surface area contributed by atoms with Gasteiger partial charge in [-0.05, 0) is 57.5 Å². The molecular formula is C32H50Br2F2N2. The molecule has 1 heterocycles. The van der Waals surface area contributed by atoms with Crippen LogP contribution in [0.25, 0.3) is 11.0 Å². The predicted octanol–water partition coefficient (Wildman–Crippen LogP) is 12.4. The number of unbranched alkanes of at least 4 members (excludes halogenated alkanes) is 18. The van der Waals surface area contributed by atoms with Crippen molar-refractivity contribution in [3.8, 4) is 0 Å². The maximum absolute atomic E-state index is 14.4. The van der Waals surface area contributed by atoms with Gasteiger partial charge in [-0.15, -0.1) is 0 Å². The number of aryl methyl sites for hydroxylation is 2. The third kappa shape index (κ3) is 11.9. The molecule has 0 atom stereocenters. The number of fused-ring (bicyclic) bond motifs is 1. The fraction of sp³-hybridized carbons (Fsp3) is 0.750. The lowest BCUT2D eigenvalue weighted by Gasteiger charge is -2.13. The van der Waals surface area contributed by atoms with Gasteiger partial charge in [0.15, 0.2) is 11.6 Å². The molecule has 0 spiro atoms. The van der Waals surface area contributed by atoms with Crippen molar-refractivity contribution < 1.29 is 8.78 Å². The molecule has 2 nitrogen and oxygen atoms in total. The molecule has 0 aliphatic heterocycles. The molecule has 0 saturated carbocycles. The summed E-state index contributed by atoms with van der Waals surface area (Å²) in [5.41, 5.74) is 2.72. The third-order valence-electron chi connectivity index (χ3n) is 7.58. The Kier molecular flexibility index (Phi) is 17.9. The number of rotatable bonds is 22. The van der Waals surface area contributed by atoms with E-state index in [9.17, 15) is 8.78 Å². The van der Waals surface area contributed by atoms with Crippen molar-refractivity contribution in [2.75, 3.05) is 0 Å². The average Bonchev–Trinajstić information content (AvgIpc) is 2.92. The van der Waals surface area contributed by atoms with Crippen molar-refractivity contribution in [3.05, 3.63) is 32.0 Å². The largest absolute Gasteiger partial charge is 0.248 e. The molecule has 0 fully saturated rings. The second-order valence-electron chi connectivity index (χ2n) is 10.9. The van der Waals surface area contributed by atoms with Gasteiger partial charge >= 0.3 is 0 Å². The monoisotopic (exact) mass is 658 g/mol. The van der Waals surface area contributed by atoms with E-state index >= 15 is 0 Å². The summed E-state index contributed by atoms with van der Waals surface area (Å²) in [5, 5.41) is 0. The topological polar surface area (TPSA) is 25.8 Å². The average molecular weight is 661 g/mol. The summed E-state index contributed by atoms with van der Waals surface area (Å²) in [6.45, 7) is 4.52. The van der Waals surface area contributed by atoms with Crippen LogP contribution in [-0.2, 0) is 12.8 Å². The van der Waals surface area contributed by atoms with Crippen LogP contribution in [0.1, 0.15) is 154 Å². The predicted molar refractivity (Wildman–Crippen MR) is 166 cm³/mol. The van der Waals surface area contributed by atoms with E-state index in [1.165, 1.54) is 116 Å². The Hall–Kier alpha value is -0.620. The number of nitrogens with zero attached hydrogens (tertiary/aromatic N) is 2. The lowest BCUT2D eigenvalue weighted by Crippen LogP contribution is -2.06. The van der Waals surface area contributed by atoms with Crippen molar-refractivity contribution in [1.29, 1.82) is 0 Å². The first kappa shape index (κ1) is 33.6. The number of hydrogen-bond donors (Lipinski definition) is 0. The molecule has 1 aromatic heterocycles. The minimum absolute atomic E-state index is 0.0653. The molecule has 38 heavy (non-hydrogen) atoms. The standard InChI is InChI=1S/C32H50Br2F2N2/c1-3-5-7-9-11-13-15-17-19-21-23-25-26(24-22-20-18-16-14-12-10-8-6-4-2)38-32-28(34)30(36)29(35)27(33)31(32)37-25/h3-24H2,1-2H3. The second-order valence-corrected chi connectivity index (χ2v) is 12.5. The summed E-state index contributed by atoms with van der Waals surface area (Å²) in [4.78, 5) is 9.66. The second kappa shape index (κ2) is 20.3. The highest BCUT2D eigenvalue weighted by atomic mass is 79.9. The van der Waals surface area contributed by atoms with E-state index in [1.54, 1.807) is 0 Å². The van der Waals surface area contributed by atoms with Crippen LogP contribution in [0.4, 0.5) is 8.78 Å². The molecule has 6 heteroatoms. The molecule has 0 saturated heterocycles. The normalized spacial score (nSPS) is 11.6. The van der Waals surface area contributed by atoms with Gasteiger partial charge in [0.05, 0.1) is 20.3 Å². The van der Waals surface area contributed by atoms with Gasteiger partial charge in [0.2, 0.25) is 0 Å². The van der Waals surface area contributed by atoms with E-state index in [4.69, 9.17) is 9.97 Å². The molecule has 2 aromatic rings. The van der Waals surface area contributed by atoms with Gasteiger partial charge < -0.3 is 0 Å². The summed E-state index contributed by atoms with van der Waals surface area (Å²) in [6.07, 6.45) is 27.4. The first-order valence-electron chi connectivity index (χ1n) is 15.5. The lowest BCUT2D eigenvalue weighted by atomic mass is 10.0.